The van der Waals surface area contributed by atoms with Crippen molar-refractivity contribution in [3.8, 4) is 0 Å². The molecular formula is C19H32N4O4. The van der Waals surface area contributed by atoms with Crippen LogP contribution in [0, 0.1) is 10.8 Å². The van der Waals surface area contributed by atoms with Gasteiger partial charge in [0.1, 0.15) is 6.61 Å². The number of amides is 4. The minimum Gasteiger partial charge on any atom is -0.375 e. The van der Waals surface area contributed by atoms with Gasteiger partial charge in [0.15, 0.2) is 0 Å². The zero-order valence-corrected chi connectivity index (χ0v) is 17.0. The second kappa shape index (κ2) is 7.30. The molecule has 4 amide bonds. The first kappa shape index (κ1) is 19.9. The van der Waals surface area contributed by atoms with Crippen molar-refractivity contribution in [3.05, 3.63) is 0 Å². The lowest BCUT2D eigenvalue weighted by atomic mass is 9.60. The molecule has 8 heteroatoms. The third kappa shape index (κ3) is 3.07. The first-order chi connectivity index (χ1) is 12.8. The summed E-state index contributed by atoms with van der Waals surface area (Å²) in [5.41, 5.74) is -0.755. The molecule has 0 radical (unpaired) electrons. The number of nitrogens with zero attached hydrogens (tertiary/aromatic N) is 4. The summed E-state index contributed by atoms with van der Waals surface area (Å²) in [6.07, 6.45) is 2.30. The van der Waals surface area contributed by atoms with E-state index in [4.69, 9.17) is 4.74 Å². The topological polar surface area (TPSA) is 73.4 Å². The van der Waals surface area contributed by atoms with Gasteiger partial charge in [-0.15, -0.1) is 0 Å². The monoisotopic (exact) mass is 380 g/mol. The van der Waals surface area contributed by atoms with Crippen LogP contribution in [0.4, 0.5) is 4.79 Å². The largest absolute Gasteiger partial charge is 0.375 e. The number of carbonyl (C=O) groups is 3. The minimum atomic E-state index is -0.509. The fourth-order valence-electron chi connectivity index (χ4n) is 5.30. The summed E-state index contributed by atoms with van der Waals surface area (Å²) in [7, 11) is 5.03. The first-order valence-electron chi connectivity index (χ1n) is 9.82. The second-order valence-electron chi connectivity index (χ2n) is 8.34. The van der Waals surface area contributed by atoms with Crippen molar-refractivity contribution in [2.75, 3.05) is 67.1 Å². The van der Waals surface area contributed by atoms with Gasteiger partial charge >= 0.3 is 6.03 Å². The highest BCUT2D eigenvalue weighted by molar-refractivity contribution is 5.88. The summed E-state index contributed by atoms with van der Waals surface area (Å²) in [6, 6.07) is -0.0353. The molecule has 8 nitrogen and oxygen atoms in total. The smallest absolute Gasteiger partial charge is 0.319 e. The maximum absolute atomic E-state index is 13.4. The summed E-state index contributed by atoms with van der Waals surface area (Å²) in [5.74, 6) is 0.185. The molecule has 3 rings (SSSR count). The molecule has 3 saturated heterocycles. The predicted octanol–water partition coefficient (Wildman–Crippen LogP) is 0.477. The normalized spacial score (nSPS) is 27.1. The number of piperidine rings is 1. The van der Waals surface area contributed by atoms with Crippen molar-refractivity contribution in [1.82, 2.24) is 19.6 Å². The maximum atomic E-state index is 13.4. The highest BCUT2D eigenvalue weighted by Gasteiger charge is 2.65. The number of hydrogen-bond donors (Lipinski definition) is 0. The van der Waals surface area contributed by atoms with E-state index < -0.39 is 5.41 Å². The van der Waals surface area contributed by atoms with Crippen molar-refractivity contribution in [3.63, 3.8) is 0 Å². The average Bonchev–Trinajstić information content (AvgIpc) is 3.14. The molecule has 1 atom stereocenters. The molecule has 0 aromatic rings. The van der Waals surface area contributed by atoms with E-state index in [9.17, 15) is 14.4 Å². The molecule has 0 aliphatic carbocycles. The van der Waals surface area contributed by atoms with Crippen molar-refractivity contribution >= 4 is 17.8 Å². The van der Waals surface area contributed by atoms with Gasteiger partial charge in [0.05, 0.1) is 5.41 Å². The molecule has 0 N–H and O–H groups in total. The highest BCUT2D eigenvalue weighted by atomic mass is 16.5. The Morgan fingerprint density at radius 2 is 1.74 bits per heavy atom. The number of fused-ring (bicyclic) bond motifs is 1. The van der Waals surface area contributed by atoms with E-state index in [1.165, 1.54) is 7.11 Å². The summed E-state index contributed by atoms with van der Waals surface area (Å²) < 4.78 is 4.98. The number of ether oxygens (including phenoxy) is 1. The summed E-state index contributed by atoms with van der Waals surface area (Å²) in [5, 5.41) is 0. The number of hydrogen-bond acceptors (Lipinski definition) is 4. The van der Waals surface area contributed by atoms with Gasteiger partial charge in [-0.25, -0.2) is 4.79 Å². The van der Waals surface area contributed by atoms with Crippen LogP contribution < -0.4 is 0 Å². The molecule has 0 aromatic heterocycles. The molecular weight excluding hydrogens is 348 g/mol. The van der Waals surface area contributed by atoms with Gasteiger partial charge in [0, 0.05) is 65.9 Å². The Morgan fingerprint density at radius 3 is 2.26 bits per heavy atom. The van der Waals surface area contributed by atoms with Gasteiger partial charge in [0.25, 0.3) is 0 Å². The summed E-state index contributed by atoms with van der Waals surface area (Å²) in [6.45, 7) is 5.88. The number of rotatable bonds is 3. The average molecular weight is 380 g/mol. The third-order valence-electron chi connectivity index (χ3n) is 6.85. The number of carbonyl (C=O) groups excluding carboxylic acids is 3. The van der Waals surface area contributed by atoms with Crippen LogP contribution in [0.1, 0.15) is 26.2 Å². The van der Waals surface area contributed by atoms with Crippen LogP contribution in [-0.4, -0.2) is 105 Å². The quantitative estimate of drug-likeness (QED) is 0.714. The number of likely N-dealkylation sites (tertiary alicyclic amines) is 3. The molecule has 3 aliphatic heterocycles. The molecule has 152 valence electrons. The van der Waals surface area contributed by atoms with Crippen molar-refractivity contribution in [2.45, 2.75) is 26.2 Å². The lowest BCUT2D eigenvalue weighted by Crippen LogP contribution is -2.54. The van der Waals surface area contributed by atoms with E-state index in [1.54, 1.807) is 19.0 Å². The summed E-state index contributed by atoms with van der Waals surface area (Å²) in [4.78, 5) is 45.4. The van der Waals surface area contributed by atoms with Crippen LogP contribution in [0.5, 0.6) is 0 Å². The van der Waals surface area contributed by atoms with Crippen LogP contribution in [0.2, 0.25) is 0 Å². The molecule has 0 unspecified atom stereocenters. The Kier molecular flexibility index (Phi) is 5.38. The molecule has 27 heavy (non-hydrogen) atoms. The van der Waals surface area contributed by atoms with E-state index in [0.29, 0.717) is 32.7 Å². The molecule has 3 fully saturated rings. The van der Waals surface area contributed by atoms with Gasteiger partial charge in [0.2, 0.25) is 11.8 Å². The van der Waals surface area contributed by atoms with E-state index in [-0.39, 0.29) is 29.9 Å². The second-order valence-corrected chi connectivity index (χ2v) is 8.34. The van der Waals surface area contributed by atoms with Crippen LogP contribution in [0.25, 0.3) is 0 Å². The van der Waals surface area contributed by atoms with Gasteiger partial charge in [-0.2, -0.15) is 0 Å². The Morgan fingerprint density at radius 1 is 1.07 bits per heavy atom. The predicted molar refractivity (Wildman–Crippen MR) is 100 cm³/mol. The maximum Gasteiger partial charge on any atom is 0.319 e. The van der Waals surface area contributed by atoms with Crippen molar-refractivity contribution < 1.29 is 19.1 Å². The Hall–Kier alpha value is -1.83. The van der Waals surface area contributed by atoms with Crippen molar-refractivity contribution in [2.24, 2.45) is 10.8 Å². The molecule has 2 spiro atoms. The first-order valence-corrected chi connectivity index (χ1v) is 9.82. The highest BCUT2D eigenvalue weighted by Crippen LogP contribution is 2.57. The zero-order valence-electron chi connectivity index (χ0n) is 17.0. The Balaban J connectivity index is 1.86. The fraction of sp³-hybridized carbons (Fsp3) is 0.842. The Bertz CT molecular complexity index is 615. The van der Waals surface area contributed by atoms with Gasteiger partial charge in [-0.1, -0.05) is 0 Å². The Labute approximate surface area is 161 Å². The molecule has 3 aliphatic rings. The lowest BCUT2D eigenvalue weighted by Gasteiger charge is -2.46. The van der Waals surface area contributed by atoms with E-state index in [0.717, 1.165) is 25.8 Å². The molecule has 0 aromatic carbocycles. The van der Waals surface area contributed by atoms with Gasteiger partial charge in [-0.05, 0) is 26.2 Å². The fourth-order valence-corrected chi connectivity index (χ4v) is 5.30. The van der Waals surface area contributed by atoms with E-state index >= 15 is 0 Å². The standard InChI is InChI=1S/C19H32N4O4/c1-5-21-11-8-19(16(21)25)14-23(17(26)20(2)3)13-18(19)6-9-22(10-7-18)15(24)12-27-4/h5-14H2,1-4H3/t19-/m1/s1. The molecule has 0 saturated carbocycles. The number of urea groups is 1. The van der Waals surface area contributed by atoms with Crippen LogP contribution >= 0.6 is 0 Å². The molecule has 0 bridgehead atoms. The van der Waals surface area contributed by atoms with Gasteiger partial charge < -0.3 is 24.3 Å². The minimum absolute atomic E-state index is 0.00597. The summed E-state index contributed by atoms with van der Waals surface area (Å²) >= 11 is 0. The SMILES string of the molecule is CCN1CC[C@@]2(CN(C(=O)N(C)C)CC23CCN(C(=O)COC)CC3)C1=O. The van der Waals surface area contributed by atoms with Crippen LogP contribution in [0.15, 0.2) is 0 Å². The lowest BCUT2D eigenvalue weighted by molar-refractivity contribution is -0.145. The number of methoxy groups -OCH3 is 1. The van der Waals surface area contributed by atoms with E-state index in [2.05, 4.69) is 0 Å². The van der Waals surface area contributed by atoms with Gasteiger partial charge in [-0.3, -0.25) is 9.59 Å². The van der Waals surface area contributed by atoms with Crippen LogP contribution in [-0.2, 0) is 14.3 Å². The van der Waals surface area contributed by atoms with E-state index in [1.807, 2.05) is 21.6 Å². The zero-order chi connectivity index (χ0) is 19.8. The van der Waals surface area contributed by atoms with Crippen molar-refractivity contribution in [1.29, 1.82) is 0 Å². The third-order valence-corrected chi connectivity index (χ3v) is 6.85. The van der Waals surface area contributed by atoms with Crippen LogP contribution in [0.3, 0.4) is 0 Å². The molecule has 3 heterocycles.